The van der Waals surface area contributed by atoms with Crippen LogP contribution in [0.2, 0.25) is 0 Å². The van der Waals surface area contributed by atoms with Crippen molar-refractivity contribution in [2.24, 2.45) is 5.41 Å². The number of carbonyl (C=O) groups excluding carboxylic acids is 1. The summed E-state index contributed by atoms with van der Waals surface area (Å²) in [6.45, 7) is 8.25. The average molecular weight is 248 g/mol. The number of rotatable bonds is 3. The van der Waals surface area contributed by atoms with Crippen molar-refractivity contribution in [1.29, 1.82) is 0 Å². The van der Waals surface area contributed by atoms with Crippen LogP contribution in [0, 0.1) is 5.41 Å². The summed E-state index contributed by atoms with van der Waals surface area (Å²) in [7, 11) is 0. The Balaban J connectivity index is 2.46. The number of hydrogen-bond donors (Lipinski definition) is 0. The second-order valence-electron chi connectivity index (χ2n) is 5.25. The van der Waals surface area contributed by atoms with E-state index in [1.165, 1.54) is 0 Å². The van der Waals surface area contributed by atoms with Gasteiger partial charge in [0.1, 0.15) is 0 Å². The standard InChI is InChI=1S/C15H20O3/c1-5-17-13(16)15(12-9-7-6-8-10-12)14(3,4)11(2)18-15/h6-11H,5H2,1-4H3/t11-,15+/m1/s1. The summed E-state index contributed by atoms with van der Waals surface area (Å²) in [6, 6.07) is 9.60. The van der Waals surface area contributed by atoms with E-state index in [0.29, 0.717) is 6.61 Å². The van der Waals surface area contributed by atoms with Gasteiger partial charge in [0, 0.05) is 5.41 Å². The summed E-state index contributed by atoms with van der Waals surface area (Å²) in [5.41, 5.74) is -0.379. The van der Waals surface area contributed by atoms with Crippen LogP contribution in [0.3, 0.4) is 0 Å². The highest BCUT2D eigenvalue weighted by Crippen LogP contribution is 2.56. The van der Waals surface area contributed by atoms with Crippen molar-refractivity contribution in [2.45, 2.75) is 39.4 Å². The lowest BCUT2D eigenvalue weighted by Crippen LogP contribution is -2.67. The van der Waals surface area contributed by atoms with Crippen molar-refractivity contribution < 1.29 is 14.3 Å². The van der Waals surface area contributed by atoms with E-state index in [2.05, 4.69) is 0 Å². The maximum Gasteiger partial charge on any atom is 0.343 e. The molecule has 1 aliphatic rings. The first kappa shape index (κ1) is 13.1. The van der Waals surface area contributed by atoms with E-state index in [4.69, 9.17) is 9.47 Å². The van der Waals surface area contributed by atoms with E-state index >= 15 is 0 Å². The predicted molar refractivity (Wildman–Crippen MR) is 69.1 cm³/mol. The first-order valence-electron chi connectivity index (χ1n) is 6.37. The Kier molecular flexibility index (Phi) is 3.20. The van der Waals surface area contributed by atoms with Crippen LogP contribution in [0.15, 0.2) is 30.3 Å². The van der Waals surface area contributed by atoms with E-state index in [9.17, 15) is 4.79 Å². The molecule has 0 aromatic heterocycles. The van der Waals surface area contributed by atoms with Crippen molar-refractivity contribution in [3.63, 3.8) is 0 Å². The highest BCUT2D eigenvalue weighted by molar-refractivity contribution is 5.84. The van der Waals surface area contributed by atoms with Crippen LogP contribution in [0.1, 0.15) is 33.3 Å². The van der Waals surface area contributed by atoms with Crippen molar-refractivity contribution in [1.82, 2.24) is 0 Å². The Morgan fingerprint density at radius 1 is 1.33 bits per heavy atom. The summed E-state index contributed by atoms with van der Waals surface area (Å²) in [4.78, 5) is 12.4. The molecule has 0 aliphatic carbocycles. The highest BCUT2D eigenvalue weighted by Gasteiger charge is 2.66. The molecule has 0 saturated carbocycles. The Morgan fingerprint density at radius 2 is 1.94 bits per heavy atom. The average Bonchev–Trinajstić information content (AvgIpc) is 2.36. The summed E-state index contributed by atoms with van der Waals surface area (Å²) >= 11 is 0. The molecule has 0 radical (unpaired) electrons. The second-order valence-corrected chi connectivity index (χ2v) is 5.25. The Hall–Kier alpha value is -1.35. The number of hydrogen-bond acceptors (Lipinski definition) is 3. The molecule has 98 valence electrons. The Labute approximate surface area is 108 Å². The van der Waals surface area contributed by atoms with Gasteiger partial charge >= 0.3 is 5.97 Å². The normalized spacial score (nSPS) is 29.4. The largest absolute Gasteiger partial charge is 0.464 e. The van der Waals surface area contributed by atoms with Crippen LogP contribution in [0.4, 0.5) is 0 Å². The Bertz CT molecular complexity index is 438. The molecule has 1 aromatic rings. The predicted octanol–water partition coefficient (Wildman–Crippen LogP) is 2.89. The van der Waals surface area contributed by atoms with Gasteiger partial charge in [-0.25, -0.2) is 4.79 Å². The van der Waals surface area contributed by atoms with Crippen LogP contribution in [-0.4, -0.2) is 18.7 Å². The van der Waals surface area contributed by atoms with Gasteiger partial charge in [0.2, 0.25) is 0 Å². The Morgan fingerprint density at radius 3 is 2.39 bits per heavy atom. The molecule has 18 heavy (non-hydrogen) atoms. The third-order valence-electron chi connectivity index (χ3n) is 4.02. The lowest BCUT2D eigenvalue weighted by Gasteiger charge is -2.58. The molecule has 1 aliphatic heterocycles. The third-order valence-corrected chi connectivity index (χ3v) is 4.02. The molecule has 0 spiro atoms. The van der Waals surface area contributed by atoms with Gasteiger partial charge in [0.15, 0.2) is 5.60 Å². The molecular weight excluding hydrogens is 228 g/mol. The summed E-state index contributed by atoms with van der Waals surface area (Å²) in [5.74, 6) is -0.292. The molecule has 1 heterocycles. The number of esters is 1. The molecule has 1 saturated heterocycles. The van der Waals surface area contributed by atoms with E-state index in [0.717, 1.165) is 5.56 Å². The summed E-state index contributed by atoms with van der Waals surface area (Å²) in [5, 5.41) is 0. The van der Waals surface area contributed by atoms with Gasteiger partial charge in [-0.1, -0.05) is 44.2 Å². The van der Waals surface area contributed by atoms with E-state index in [1.54, 1.807) is 0 Å². The zero-order chi connectivity index (χ0) is 13.4. The maximum absolute atomic E-state index is 12.4. The van der Waals surface area contributed by atoms with E-state index < -0.39 is 5.60 Å². The second kappa shape index (κ2) is 4.39. The zero-order valence-electron chi connectivity index (χ0n) is 11.4. The molecule has 2 rings (SSSR count). The molecule has 0 amide bonds. The number of benzene rings is 1. The quantitative estimate of drug-likeness (QED) is 0.772. The van der Waals surface area contributed by atoms with Gasteiger partial charge in [-0.15, -0.1) is 0 Å². The van der Waals surface area contributed by atoms with Crippen LogP contribution in [0.5, 0.6) is 0 Å². The van der Waals surface area contributed by atoms with Crippen LogP contribution >= 0.6 is 0 Å². The molecule has 0 N–H and O–H groups in total. The van der Waals surface area contributed by atoms with Gasteiger partial charge in [0.05, 0.1) is 12.7 Å². The topological polar surface area (TPSA) is 35.5 Å². The lowest BCUT2D eigenvalue weighted by molar-refractivity contribution is -0.304. The molecular formula is C15H20O3. The maximum atomic E-state index is 12.4. The SMILES string of the molecule is CCOC(=O)[C@]1(c2ccccc2)O[C@H](C)C1(C)C. The summed E-state index contributed by atoms with van der Waals surface area (Å²) in [6.07, 6.45) is 0.0297. The molecule has 3 heteroatoms. The molecule has 3 nitrogen and oxygen atoms in total. The first-order chi connectivity index (χ1) is 8.46. The van der Waals surface area contributed by atoms with E-state index in [1.807, 2.05) is 58.0 Å². The van der Waals surface area contributed by atoms with Gasteiger partial charge in [-0.05, 0) is 19.4 Å². The number of carbonyl (C=O) groups is 1. The van der Waals surface area contributed by atoms with Gasteiger partial charge < -0.3 is 9.47 Å². The van der Waals surface area contributed by atoms with Crippen LogP contribution in [-0.2, 0) is 19.9 Å². The molecule has 0 unspecified atom stereocenters. The fraction of sp³-hybridized carbons (Fsp3) is 0.533. The monoisotopic (exact) mass is 248 g/mol. The van der Waals surface area contributed by atoms with Gasteiger partial charge in [-0.2, -0.15) is 0 Å². The van der Waals surface area contributed by atoms with Crippen molar-refractivity contribution in [2.75, 3.05) is 6.61 Å². The third kappa shape index (κ3) is 1.57. The molecule has 0 bridgehead atoms. The van der Waals surface area contributed by atoms with Gasteiger partial charge in [0.25, 0.3) is 0 Å². The van der Waals surface area contributed by atoms with Crippen LogP contribution < -0.4 is 0 Å². The minimum Gasteiger partial charge on any atom is -0.464 e. The van der Waals surface area contributed by atoms with E-state index in [-0.39, 0.29) is 17.5 Å². The molecule has 2 atom stereocenters. The fourth-order valence-corrected chi connectivity index (χ4v) is 2.57. The zero-order valence-corrected chi connectivity index (χ0v) is 11.4. The fourth-order valence-electron chi connectivity index (χ4n) is 2.57. The van der Waals surface area contributed by atoms with Crippen molar-refractivity contribution in [3.8, 4) is 0 Å². The highest BCUT2D eigenvalue weighted by atomic mass is 16.6. The van der Waals surface area contributed by atoms with Crippen molar-refractivity contribution in [3.05, 3.63) is 35.9 Å². The molecule has 1 fully saturated rings. The smallest absolute Gasteiger partial charge is 0.343 e. The first-order valence-corrected chi connectivity index (χ1v) is 6.37. The lowest BCUT2D eigenvalue weighted by atomic mass is 9.62. The summed E-state index contributed by atoms with van der Waals surface area (Å²) < 4.78 is 11.1. The van der Waals surface area contributed by atoms with Crippen LogP contribution in [0.25, 0.3) is 0 Å². The van der Waals surface area contributed by atoms with Crippen molar-refractivity contribution >= 4 is 5.97 Å². The minimum absolute atomic E-state index is 0.0297. The minimum atomic E-state index is -0.969. The number of ether oxygens (including phenoxy) is 2. The van der Waals surface area contributed by atoms with Gasteiger partial charge in [-0.3, -0.25) is 0 Å². The molecule has 1 aromatic carbocycles.